The molecule has 2 unspecified atom stereocenters. The van der Waals surface area contributed by atoms with Crippen molar-refractivity contribution in [3.05, 3.63) is 59.7 Å². The molecule has 2 aromatic rings. The molecule has 3 N–H and O–H groups in total. The lowest BCUT2D eigenvalue weighted by atomic mass is 9.98. The normalized spacial score (nSPS) is 20.5. The number of alkyl halides is 2. The third-order valence-electron chi connectivity index (χ3n) is 6.46. The number of likely N-dealkylation sites (N-methyl/N-ethyl adjacent to an activating group) is 1. The lowest BCUT2D eigenvalue weighted by Gasteiger charge is -2.18. The molecule has 1 fully saturated rings. The lowest BCUT2D eigenvalue weighted by molar-refractivity contribution is -0.142. The van der Waals surface area contributed by atoms with Crippen molar-refractivity contribution >= 4 is 18.0 Å². The van der Waals surface area contributed by atoms with Crippen molar-refractivity contribution in [2.45, 2.75) is 17.9 Å². The summed E-state index contributed by atoms with van der Waals surface area (Å²) >= 11 is 0. The first-order chi connectivity index (χ1) is 16.6. The number of fused-ring (bicyclic) bond motifs is 3. The number of aliphatic carboxylic acids is 1. The fraction of sp³-hybridized carbons (Fsp3) is 0.400. The van der Waals surface area contributed by atoms with Gasteiger partial charge in [0, 0.05) is 19.0 Å². The SMILES string of the molecule is CN(C)C[C@H](NC(=O)C1C(CNC(=O)OCC2c3ccccc3-c3ccccc32)C1(F)F)C(=O)O. The predicted octanol–water partition coefficient (Wildman–Crippen LogP) is 2.54. The first kappa shape index (κ1) is 24.6. The number of nitrogens with zero attached hydrogens (tertiary/aromatic N) is 1. The highest BCUT2D eigenvalue weighted by atomic mass is 19.3. The van der Waals surface area contributed by atoms with Gasteiger partial charge in [-0.3, -0.25) is 4.79 Å². The Balaban J connectivity index is 1.31. The number of hydrogen-bond donors (Lipinski definition) is 3. The van der Waals surface area contributed by atoms with Gasteiger partial charge in [-0.05, 0) is 36.3 Å². The zero-order valence-electron chi connectivity index (χ0n) is 19.3. The van der Waals surface area contributed by atoms with Crippen LogP contribution in [0, 0.1) is 11.8 Å². The van der Waals surface area contributed by atoms with Crippen molar-refractivity contribution < 1.29 is 33.0 Å². The van der Waals surface area contributed by atoms with E-state index in [1.807, 2.05) is 48.5 Å². The zero-order chi connectivity index (χ0) is 25.3. The van der Waals surface area contributed by atoms with Crippen LogP contribution in [0.25, 0.3) is 11.1 Å². The number of nitrogens with one attached hydrogen (secondary N) is 2. The quantitative estimate of drug-likeness (QED) is 0.502. The van der Waals surface area contributed by atoms with Crippen LogP contribution in [0.3, 0.4) is 0 Å². The maximum Gasteiger partial charge on any atom is 0.407 e. The van der Waals surface area contributed by atoms with Gasteiger partial charge in [-0.25, -0.2) is 18.4 Å². The number of carbonyl (C=O) groups is 3. The van der Waals surface area contributed by atoms with Gasteiger partial charge in [0.2, 0.25) is 5.91 Å². The summed E-state index contributed by atoms with van der Waals surface area (Å²) in [5.74, 6) is -9.02. The van der Waals surface area contributed by atoms with Gasteiger partial charge in [0.15, 0.2) is 0 Å². The van der Waals surface area contributed by atoms with Gasteiger partial charge < -0.3 is 25.4 Å². The molecular formula is C25H27F2N3O5. The van der Waals surface area contributed by atoms with E-state index in [4.69, 9.17) is 4.74 Å². The van der Waals surface area contributed by atoms with E-state index in [2.05, 4.69) is 10.6 Å². The van der Waals surface area contributed by atoms with Crippen LogP contribution in [0.2, 0.25) is 0 Å². The molecule has 35 heavy (non-hydrogen) atoms. The Morgan fingerprint density at radius 1 is 1.06 bits per heavy atom. The molecular weight excluding hydrogens is 460 g/mol. The van der Waals surface area contributed by atoms with E-state index in [1.165, 1.54) is 4.90 Å². The summed E-state index contributed by atoms with van der Waals surface area (Å²) in [5, 5.41) is 13.7. The Morgan fingerprint density at radius 3 is 2.17 bits per heavy atom. The van der Waals surface area contributed by atoms with Crippen LogP contribution in [0.1, 0.15) is 17.0 Å². The number of hydrogen-bond acceptors (Lipinski definition) is 5. The van der Waals surface area contributed by atoms with Gasteiger partial charge in [0.05, 0.1) is 5.92 Å². The van der Waals surface area contributed by atoms with E-state index in [0.717, 1.165) is 22.3 Å². The highest BCUT2D eigenvalue weighted by molar-refractivity contribution is 5.88. The number of carboxylic acid groups (broad SMARTS) is 1. The highest BCUT2D eigenvalue weighted by Gasteiger charge is 2.71. The minimum atomic E-state index is -3.35. The fourth-order valence-electron chi connectivity index (χ4n) is 4.66. The number of ether oxygens (including phenoxy) is 1. The van der Waals surface area contributed by atoms with Crippen molar-refractivity contribution in [1.82, 2.24) is 15.5 Å². The van der Waals surface area contributed by atoms with Crippen molar-refractivity contribution in [3.8, 4) is 11.1 Å². The van der Waals surface area contributed by atoms with Gasteiger partial charge in [-0.2, -0.15) is 0 Å². The van der Waals surface area contributed by atoms with Crippen molar-refractivity contribution in [3.63, 3.8) is 0 Å². The predicted molar refractivity (Wildman–Crippen MR) is 123 cm³/mol. The Labute approximate surface area is 201 Å². The third-order valence-corrected chi connectivity index (χ3v) is 6.46. The maximum atomic E-state index is 14.2. The van der Waals surface area contributed by atoms with E-state index >= 15 is 0 Å². The standard InChI is InChI=1S/C25H27F2N3O5/c1-30(2)12-20(23(32)33)29-22(31)21-19(25(21,26)27)11-28-24(34)35-13-18-16-9-5-3-7-14(16)15-8-4-6-10-17(15)18/h3-10,18-21H,11-13H2,1-2H3,(H,28,34)(H,29,31)(H,32,33)/t19?,20-,21?/m0/s1. The van der Waals surface area contributed by atoms with E-state index in [-0.39, 0.29) is 19.1 Å². The Hall–Kier alpha value is -3.53. The summed E-state index contributed by atoms with van der Waals surface area (Å²) in [6, 6.07) is 14.3. The summed E-state index contributed by atoms with van der Waals surface area (Å²) in [6.07, 6.45) is -0.857. The number of carbonyl (C=O) groups excluding carboxylic acids is 2. The average Bonchev–Trinajstić information content (AvgIpc) is 3.22. The number of alkyl carbamates (subject to hydrolysis) is 1. The molecule has 0 aromatic heterocycles. The summed E-state index contributed by atoms with van der Waals surface area (Å²) < 4.78 is 33.8. The number of benzene rings is 2. The molecule has 0 bridgehead atoms. The topological polar surface area (TPSA) is 108 Å². The van der Waals surface area contributed by atoms with Crippen molar-refractivity contribution in [2.24, 2.45) is 11.8 Å². The summed E-state index contributed by atoms with van der Waals surface area (Å²) in [7, 11) is 3.21. The van der Waals surface area contributed by atoms with Crippen LogP contribution in [0.4, 0.5) is 13.6 Å². The smallest absolute Gasteiger partial charge is 0.407 e. The lowest BCUT2D eigenvalue weighted by Crippen LogP contribution is -2.48. The molecule has 186 valence electrons. The van der Waals surface area contributed by atoms with Crippen LogP contribution in [0.5, 0.6) is 0 Å². The average molecular weight is 488 g/mol. The van der Waals surface area contributed by atoms with E-state index < -0.39 is 48.3 Å². The van der Waals surface area contributed by atoms with Gasteiger partial charge in [-0.1, -0.05) is 48.5 Å². The van der Waals surface area contributed by atoms with Gasteiger partial charge in [0.25, 0.3) is 5.92 Å². The minimum absolute atomic E-state index is 0.0374. The van der Waals surface area contributed by atoms with Crippen LogP contribution in [-0.2, 0) is 14.3 Å². The molecule has 1 saturated carbocycles. The van der Waals surface area contributed by atoms with Gasteiger partial charge in [0.1, 0.15) is 18.6 Å². The highest BCUT2D eigenvalue weighted by Crippen LogP contribution is 2.55. The van der Waals surface area contributed by atoms with Crippen molar-refractivity contribution in [1.29, 1.82) is 0 Å². The molecule has 0 spiro atoms. The molecule has 0 saturated heterocycles. The van der Waals surface area contributed by atoms with Gasteiger partial charge in [-0.15, -0.1) is 0 Å². The van der Waals surface area contributed by atoms with E-state index in [9.17, 15) is 28.3 Å². The zero-order valence-corrected chi connectivity index (χ0v) is 19.3. The van der Waals surface area contributed by atoms with Crippen molar-refractivity contribution in [2.75, 3.05) is 33.8 Å². The molecule has 4 rings (SSSR count). The minimum Gasteiger partial charge on any atom is -0.480 e. The largest absolute Gasteiger partial charge is 0.480 e. The second kappa shape index (κ2) is 9.61. The first-order valence-electron chi connectivity index (χ1n) is 11.3. The number of halogens is 2. The fourth-order valence-corrected chi connectivity index (χ4v) is 4.66. The number of carboxylic acids is 1. The molecule has 10 heteroatoms. The third kappa shape index (κ3) is 4.97. The first-order valence-corrected chi connectivity index (χ1v) is 11.3. The molecule has 0 radical (unpaired) electrons. The van der Waals surface area contributed by atoms with Crippen LogP contribution >= 0.6 is 0 Å². The molecule has 2 amide bonds. The van der Waals surface area contributed by atoms with Crippen LogP contribution < -0.4 is 10.6 Å². The van der Waals surface area contributed by atoms with E-state index in [0.29, 0.717) is 0 Å². The molecule has 2 aliphatic rings. The second-order valence-corrected chi connectivity index (χ2v) is 9.13. The maximum absolute atomic E-state index is 14.2. The molecule has 8 nitrogen and oxygen atoms in total. The molecule has 2 aliphatic carbocycles. The van der Waals surface area contributed by atoms with Gasteiger partial charge >= 0.3 is 12.1 Å². The molecule has 0 aliphatic heterocycles. The Bertz CT molecular complexity index is 1090. The molecule has 3 atom stereocenters. The van der Waals surface area contributed by atoms with Crippen LogP contribution in [0.15, 0.2) is 48.5 Å². The Kier molecular flexibility index (Phi) is 6.75. The summed E-state index contributed by atoms with van der Waals surface area (Å²) in [5.41, 5.74) is 4.19. The Morgan fingerprint density at radius 2 is 1.63 bits per heavy atom. The molecule has 0 heterocycles. The van der Waals surface area contributed by atoms with E-state index in [1.54, 1.807) is 14.1 Å². The molecule has 2 aromatic carbocycles. The monoisotopic (exact) mass is 487 g/mol. The van der Waals surface area contributed by atoms with Crippen LogP contribution in [-0.4, -0.2) is 73.7 Å². The summed E-state index contributed by atoms with van der Waals surface area (Å²) in [6.45, 7) is -0.467. The summed E-state index contributed by atoms with van der Waals surface area (Å²) in [4.78, 5) is 37.4. The second-order valence-electron chi connectivity index (χ2n) is 9.13. The number of rotatable bonds is 9. The number of amides is 2.